The molecule has 1 rings (SSSR count). The fourth-order valence-electron chi connectivity index (χ4n) is 1.49. The van der Waals surface area contributed by atoms with E-state index in [1.807, 2.05) is 14.0 Å². The summed E-state index contributed by atoms with van der Waals surface area (Å²) in [5.74, 6) is 0. The van der Waals surface area contributed by atoms with Crippen LogP contribution in [-0.4, -0.2) is 22.5 Å². The normalized spacial score (nSPS) is 12.1. The molecule has 0 bridgehead atoms. The summed E-state index contributed by atoms with van der Waals surface area (Å²) in [6.07, 6.45) is -4.71. The molecule has 0 fully saturated rings. The zero-order valence-electron chi connectivity index (χ0n) is 9.73. The highest BCUT2D eigenvalue weighted by atomic mass is 79.9. The molecule has 0 atom stereocenters. The van der Waals surface area contributed by atoms with E-state index in [9.17, 15) is 13.2 Å². The molecule has 1 aromatic rings. The molecule has 1 N–H and O–H groups in total. The molecule has 0 aliphatic rings. The average molecular weight is 314 g/mol. The number of nitrogens with zero attached hydrogens (tertiary/aromatic N) is 2. The van der Waals surface area contributed by atoms with Crippen molar-refractivity contribution in [1.82, 2.24) is 15.1 Å². The van der Waals surface area contributed by atoms with Crippen LogP contribution in [0.1, 0.15) is 24.2 Å². The van der Waals surface area contributed by atoms with Crippen molar-refractivity contribution in [2.45, 2.75) is 32.5 Å². The molecule has 98 valence electrons. The smallest absolute Gasteiger partial charge is 0.311 e. The van der Waals surface area contributed by atoms with Crippen LogP contribution in [0, 0.1) is 6.92 Å². The Kier molecular flexibility index (Phi) is 5.00. The zero-order chi connectivity index (χ0) is 13.1. The second-order valence-corrected chi connectivity index (χ2v) is 4.66. The standard InChI is InChI=1S/C10H15BrF3N3/c1-7-9(11)8(17(2)16-7)6-15-5-3-4-10(12,13)14/h15H,3-6H2,1-2H3. The van der Waals surface area contributed by atoms with Gasteiger partial charge in [0.25, 0.3) is 0 Å². The van der Waals surface area contributed by atoms with Crippen LogP contribution in [0.5, 0.6) is 0 Å². The van der Waals surface area contributed by atoms with Crippen molar-refractivity contribution < 1.29 is 13.2 Å². The number of hydrogen-bond acceptors (Lipinski definition) is 2. The molecule has 17 heavy (non-hydrogen) atoms. The largest absolute Gasteiger partial charge is 0.389 e. The molecule has 1 aromatic heterocycles. The Morgan fingerprint density at radius 2 is 2.06 bits per heavy atom. The summed E-state index contributed by atoms with van der Waals surface area (Å²) in [6, 6.07) is 0. The van der Waals surface area contributed by atoms with Crippen LogP contribution in [0.4, 0.5) is 13.2 Å². The van der Waals surface area contributed by atoms with Gasteiger partial charge in [-0.05, 0) is 35.8 Å². The molecule has 1 heterocycles. The van der Waals surface area contributed by atoms with E-state index in [1.54, 1.807) is 4.68 Å². The number of aryl methyl sites for hydroxylation is 2. The molecule has 0 spiro atoms. The van der Waals surface area contributed by atoms with E-state index >= 15 is 0 Å². The Hall–Kier alpha value is -0.560. The van der Waals surface area contributed by atoms with Gasteiger partial charge in [0.2, 0.25) is 0 Å². The van der Waals surface area contributed by atoms with Crippen LogP contribution in [0.15, 0.2) is 4.47 Å². The first-order chi connectivity index (χ1) is 7.81. The predicted octanol–water partition coefficient (Wildman–Crippen LogP) is 2.92. The SMILES string of the molecule is Cc1nn(C)c(CNCCCC(F)(F)F)c1Br. The van der Waals surface area contributed by atoms with E-state index in [-0.39, 0.29) is 6.42 Å². The molecule has 0 saturated heterocycles. The first kappa shape index (κ1) is 14.5. The fraction of sp³-hybridized carbons (Fsp3) is 0.700. The molecule has 0 unspecified atom stereocenters. The van der Waals surface area contributed by atoms with Gasteiger partial charge in [-0.1, -0.05) is 0 Å². The lowest BCUT2D eigenvalue weighted by Crippen LogP contribution is -2.19. The van der Waals surface area contributed by atoms with E-state index in [0.717, 1.165) is 15.9 Å². The summed E-state index contributed by atoms with van der Waals surface area (Å²) < 4.78 is 38.3. The van der Waals surface area contributed by atoms with Gasteiger partial charge in [-0.2, -0.15) is 18.3 Å². The van der Waals surface area contributed by atoms with Crippen molar-refractivity contribution in [3.63, 3.8) is 0 Å². The van der Waals surface area contributed by atoms with E-state index in [2.05, 4.69) is 26.3 Å². The van der Waals surface area contributed by atoms with Gasteiger partial charge in [0, 0.05) is 20.0 Å². The highest BCUT2D eigenvalue weighted by Crippen LogP contribution is 2.21. The van der Waals surface area contributed by atoms with E-state index in [1.165, 1.54) is 0 Å². The van der Waals surface area contributed by atoms with Crippen LogP contribution >= 0.6 is 15.9 Å². The average Bonchev–Trinajstić information content (AvgIpc) is 2.42. The first-order valence-corrected chi connectivity index (χ1v) is 6.06. The van der Waals surface area contributed by atoms with Crippen molar-refractivity contribution in [2.75, 3.05) is 6.54 Å². The van der Waals surface area contributed by atoms with Crippen LogP contribution < -0.4 is 5.32 Å². The number of nitrogens with one attached hydrogen (secondary N) is 1. The van der Waals surface area contributed by atoms with Gasteiger partial charge in [0.15, 0.2) is 0 Å². The molecular formula is C10H15BrF3N3. The van der Waals surface area contributed by atoms with Gasteiger partial charge >= 0.3 is 6.18 Å². The van der Waals surface area contributed by atoms with Gasteiger partial charge in [-0.25, -0.2) is 0 Å². The number of aromatic nitrogens is 2. The van der Waals surface area contributed by atoms with Gasteiger partial charge in [0.05, 0.1) is 15.9 Å². The van der Waals surface area contributed by atoms with Crippen LogP contribution in [0.25, 0.3) is 0 Å². The highest BCUT2D eigenvalue weighted by Gasteiger charge is 2.25. The van der Waals surface area contributed by atoms with E-state index in [0.29, 0.717) is 13.1 Å². The molecule has 0 amide bonds. The van der Waals surface area contributed by atoms with Gasteiger partial charge in [-0.3, -0.25) is 4.68 Å². The summed E-state index contributed by atoms with van der Waals surface area (Å²) in [5.41, 5.74) is 1.81. The fourth-order valence-corrected chi connectivity index (χ4v) is 1.97. The second-order valence-electron chi connectivity index (χ2n) is 3.87. The summed E-state index contributed by atoms with van der Waals surface area (Å²) in [6.45, 7) is 2.73. The highest BCUT2D eigenvalue weighted by molar-refractivity contribution is 9.10. The van der Waals surface area contributed by atoms with Crippen molar-refractivity contribution in [3.8, 4) is 0 Å². The number of hydrogen-bond donors (Lipinski definition) is 1. The quantitative estimate of drug-likeness (QED) is 0.847. The lowest BCUT2D eigenvalue weighted by atomic mass is 10.3. The minimum Gasteiger partial charge on any atom is -0.311 e. The van der Waals surface area contributed by atoms with Crippen LogP contribution in [0.3, 0.4) is 0 Å². The minimum absolute atomic E-state index is 0.0952. The van der Waals surface area contributed by atoms with Gasteiger partial charge in [0.1, 0.15) is 0 Å². The topological polar surface area (TPSA) is 29.9 Å². The number of alkyl halides is 3. The molecule has 0 radical (unpaired) electrons. The maximum Gasteiger partial charge on any atom is 0.389 e. The molecule has 0 aromatic carbocycles. The molecular weight excluding hydrogens is 299 g/mol. The molecule has 3 nitrogen and oxygen atoms in total. The summed E-state index contributed by atoms with van der Waals surface area (Å²) in [7, 11) is 1.81. The van der Waals surface area contributed by atoms with E-state index < -0.39 is 12.6 Å². The Bertz CT molecular complexity index is 374. The number of rotatable bonds is 5. The minimum atomic E-state index is -4.06. The van der Waals surface area contributed by atoms with Crippen molar-refractivity contribution in [2.24, 2.45) is 7.05 Å². The molecule has 0 saturated carbocycles. The molecule has 0 aliphatic carbocycles. The summed E-state index contributed by atoms with van der Waals surface area (Å²) in [4.78, 5) is 0. The predicted molar refractivity (Wildman–Crippen MR) is 62.6 cm³/mol. The Morgan fingerprint density at radius 1 is 1.41 bits per heavy atom. The summed E-state index contributed by atoms with van der Waals surface area (Å²) >= 11 is 3.40. The summed E-state index contributed by atoms with van der Waals surface area (Å²) in [5, 5.41) is 7.18. The Morgan fingerprint density at radius 3 is 2.53 bits per heavy atom. The van der Waals surface area contributed by atoms with E-state index in [4.69, 9.17) is 0 Å². The molecule has 0 aliphatic heterocycles. The third-order valence-corrected chi connectivity index (χ3v) is 3.40. The molecule has 7 heteroatoms. The third kappa shape index (κ3) is 4.67. The lowest BCUT2D eigenvalue weighted by Gasteiger charge is -2.08. The lowest BCUT2D eigenvalue weighted by molar-refractivity contribution is -0.135. The van der Waals surface area contributed by atoms with Gasteiger partial charge in [-0.15, -0.1) is 0 Å². The van der Waals surface area contributed by atoms with Crippen molar-refractivity contribution in [1.29, 1.82) is 0 Å². The monoisotopic (exact) mass is 313 g/mol. The first-order valence-electron chi connectivity index (χ1n) is 5.26. The Balaban J connectivity index is 2.32. The maximum atomic E-state index is 11.9. The van der Waals surface area contributed by atoms with Gasteiger partial charge < -0.3 is 5.32 Å². The van der Waals surface area contributed by atoms with Crippen molar-refractivity contribution in [3.05, 3.63) is 15.9 Å². The second kappa shape index (κ2) is 5.86. The third-order valence-electron chi connectivity index (χ3n) is 2.37. The number of halogens is 4. The van der Waals surface area contributed by atoms with Crippen molar-refractivity contribution >= 4 is 15.9 Å². The van der Waals surface area contributed by atoms with Crippen LogP contribution in [0.2, 0.25) is 0 Å². The maximum absolute atomic E-state index is 11.9. The van der Waals surface area contributed by atoms with Crippen LogP contribution in [-0.2, 0) is 13.6 Å². The zero-order valence-corrected chi connectivity index (χ0v) is 11.3. The Labute approximate surface area is 107 Å².